The van der Waals surface area contributed by atoms with Gasteiger partial charge in [0.05, 0.1) is 12.2 Å². The molecule has 1 fully saturated rings. The van der Waals surface area contributed by atoms with Crippen LogP contribution in [-0.2, 0) is 4.74 Å². The van der Waals surface area contributed by atoms with E-state index in [9.17, 15) is 14.8 Å². The first-order chi connectivity index (χ1) is 10.2. The normalized spacial score (nSPS) is 15.2. The lowest BCUT2D eigenvalue weighted by Crippen LogP contribution is -2.40. The van der Waals surface area contributed by atoms with Crippen molar-refractivity contribution in [3.8, 4) is 0 Å². The summed E-state index contributed by atoms with van der Waals surface area (Å²) in [5.41, 5.74) is -0.0911. The third kappa shape index (κ3) is 3.46. The number of hydrogen-bond acceptors (Lipinski definition) is 6. The van der Waals surface area contributed by atoms with Crippen molar-refractivity contribution in [2.75, 3.05) is 23.2 Å². The smallest absolute Gasteiger partial charge is 0.418 e. The van der Waals surface area contributed by atoms with Gasteiger partial charge < -0.3 is 15.2 Å². The summed E-state index contributed by atoms with van der Waals surface area (Å²) >= 11 is 0. The van der Waals surface area contributed by atoms with Crippen molar-refractivity contribution in [1.29, 1.82) is 0 Å². The number of carbonyl (C=O) groups is 2. The molecule has 1 aliphatic heterocycles. The second kappa shape index (κ2) is 5.82. The largest absolute Gasteiger partial charge is 0.733 e. The lowest BCUT2D eigenvalue weighted by Gasteiger charge is -2.24. The Bertz CT molecular complexity index is 565. The third-order valence-electron chi connectivity index (χ3n) is 3.01. The van der Waals surface area contributed by atoms with Crippen molar-refractivity contribution >= 4 is 23.5 Å². The molecule has 2 rings (SSSR count). The van der Waals surface area contributed by atoms with Crippen LogP contribution in [0.3, 0.4) is 0 Å². The van der Waals surface area contributed by atoms with Gasteiger partial charge in [0.2, 0.25) is 0 Å². The van der Waals surface area contributed by atoms with Gasteiger partial charge in [-0.25, -0.2) is 14.5 Å². The maximum Gasteiger partial charge on any atom is 0.418 e. The molecule has 0 spiro atoms. The number of hydrogen-bond donors (Lipinski definition) is 1. The number of nitrogens with zero attached hydrogens (tertiary/aromatic N) is 3. The molecular weight excluding hydrogens is 290 g/mol. The maximum absolute atomic E-state index is 12.3. The summed E-state index contributed by atoms with van der Waals surface area (Å²) < 4.78 is 5.19. The van der Waals surface area contributed by atoms with E-state index in [1.165, 1.54) is 29.2 Å². The molecule has 1 N–H and O–H groups in total. The zero-order valence-electron chi connectivity index (χ0n) is 12.6. The van der Waals surface area contributed by atoms with Gasteiger partial charge in [0.1, 0.15) is 5.60 Å². The van der Waals surface area contributed by atoms with E-state index in [1.54, 1.807) is 20.8 Å². The minimum absolute atomic E-state index is 0.0550. The number of ether oxygens (including phenoxy) is 1. The number of imide groups is 1. The van der Waals surface area contributed by atoms with Crippen LogP contribution in [0.2, 0.25) is 0 Å². The van der Waals surface area contributed by atoms with Gasteiger partial charge in [0.15, 0.2) is 0 Å². The topological polar surface area (TPSA) is 96.4 Å². The minimum atomic E-state index is -0.683. The fourth-order valence-electron chi connectivity index (χ4n) is 2.02. The summed E-state index contributed by atoms with van der Waals surface area (Å²) in [4.78, 5) is 26.7. The summed E-state index contributed by atoms with van der Waals surface area (Å²) in [6.07, 6.45) is -0.683. The summed E-state index contributed by atoms with van der Waals surface area (Å²) in [6, 6.07) is 5.32. The Kier molecular flexibility index (Phi) is 4.25. The molecule has 1 aromatic rings. The highest BCUT2D eigenvalue weighted by Gasteiger charge is 2.36. The number of anilines is 2. The van der Waals surface area contributed by atoms with Crippen LogP contribution < -0.4 is 10.1 Å². The van der Waals surface area contributed by atoms with E-state index in [1.807, 2.05) is 0 Å². The molecule has 0 aromatic heterocycles. The Hall–Kier alpha value is -2.32. The number of amides is 3. The van der Waals surface area contributed by atoms with Crippen molar-refractivity contribution in [2.24, 2.45) is 0 Å². The van der Waals surface area contributed by atoms with E-state index in [0.717, 1.165) is 4.90 Å². The van der Waals surface area contributed by atoms with Crippen molar-refractivity contribution < 1.29 is 19.5 Å². The van der Waals surface area contributed by atoms with Gasteiger partial charge in [-0.15, -0.1) is 0 Å². The molecule has 1 heterocycles. The summed E-state index contributed by atoms with van der Waals surface area (Å²) in [5, 5.41) is 19.3. The first-order valence-electron chi connectivity index (χ1n) is 6.77. The number of rotatable bonds is 2. The zero-order chi connectivity index (χ0) is 16.5. The zero-order valence-corrected chi connectivity index (χ0v) is 12.6. The van der Waals surface area contributed by atoms with Gasteiger partial charge in [0.25, 0.3) is 0 Å². The van der Waals surface area contributed by atoms with Crippen LogP contribution in [0.4, 0.5) is 21.0 Å². The van der Waals surface area contributed by atoms with Crippen molar-refractivity contribution in [2.45, 2.75) is 26.4 Å². The average Bonchev–Trinajstić information content (AvgIpc) is 2.79. The summed E-state index contributed by atoms with van der Waals surface area (Å²) in [5.74, 6) is 0. The van der Waals surface area contributed by atoms with Crippen LogP contribution in [0.25, 0.3) is 0 Å². The maximum atomic E-state index is 12.3. The SMILES string of the molecule is CC(C)(C)OC(=O)N1CCN(c2ccc(N([O-])O)cc2)C1=O. The molecule has 0 saturated carbocycles. The van der Waals surface area contributed by atoms with Crippen LogP contribution in [0.5, 0.6) is 0 Å². The fourth-order valence-corrected chi connectivity index (χ4v) is 2.02. The quantitative estimate of drug-likeness (QED) is 0.843. The Morgan fingerprint density at radius 2 is 1.86 bits per heavy atom. The van der Waals surface area contributed by atoms with E-state index in [0.29, 0.717) is 12.2 Å². The Morgan fingerprint density at radius 3 is 2.36 bits per heavy atom. The Morgan fingerprint density at radius 1 is 1.27 bits per heavy atom. The second-order valence-corrected chi connectivity index (χ2v) is 5.86. The van der Waals surface area contributed by atoms with Crippen LogP contribution in [0.1, 0.15) is 20.8 Å². The molecule has 1 saturated heterocycles. The van der Waals surface area contributed by atoms with Crippen LogP contribution in [-0.4, -0.2) is 40.9 Å². The predicted molar refractivity (Wildman–Crippen MR) is 79.8 cm³/mol. The van der Waals surface area contributed by atoms with Gasteiger partial charge in [-0.05, 0) is 45.0 Å². The van der Waals surface area contributed by atoms with Crippen molar-refractivity contribution in [3.05, 3.63) is 29.5 Å². The van der Waals surface area contributed by atoms with E-state index in [2.05, 4.69) is 0 Å². The van der Waals surface area contributed by atoms with E-state index in [4.69, 9.17) is 9.94 Å². The molecule has 0 radical (unpaired) electrons. The number of benzene rings is 1. The van der Waals surface area contributed by atoms with E-state index in [-0.39, 0.29) is 17.5 Å². The molecule has 1 aliphatic rings. The molecular formula is C14H18N3O5-. The second-order valence-electron chi connectivity index (χ2n) is 5.86. The van der Waals surface area contributed by atoms with Crippen LogP contribution in [0, 0.1) is 5.21 Å². The van der Waals surface area contributed by atoms with Gasteiger partial charge >= 0.3 is 12.1 Å². The van der Waals surface area contributed by atoms with Gasteiger partial charge in [-0.3, -0.25) is 10.1 Å². The van der Waals surface area contributed by atoms with E-state index < -0.39 is 17.7 Å². The molecule has 0 atom stereocenters. The minimum Gasteiger partial charge on any atom is -0.733 e. The first-order valence-corrected chi connectivity index (χ1v) is 6.77. The number of urea groups is 1. The predicted octanol–water partition coefficient (Wildman–Crippen LogP) is 2.56. The lowest BCUT2D eigenvalue weighted by molar-refractivity contribution is 0.0354. The summed E-state index contributed by atoms with van der Waals surface area (Å²) in [6.45, 7) is 5.74. The molecule has 0 aliphatic carbocycles. The van der Waals surface area contributed by atoms with Crippen LogP contribution in [0.15, 0.2) is 24.3 Å². The summed E-state index contributed by atoms with van der Waals surface area (Å²) in [7, 11) is 0. The standard InChI is InChI=1S/C14H18N3O5/c1-14(2,3)22-13(19)16-9-8-15(12(16)18)10-4-6-11(7-5-10)17(20)21/h4-7,20H,8-9H2,1-3H3/q-1. The molecule has 8 nitrogen and oxygen atoms in total. The molecule has 8 heteroatoms. The van der Waals surface area contributed by atoms with Crippen molar-refractivity contribution in [3.63, 3.8) is 0 Å². The molecule has 1 aromatic carbocycles. The fraction of sp³-hybridized carbons (Fsp3) is 0.429. The molecule has 3 amide bonds. The first kappa shape index (κ1) is 16.1. The van der Waals surface area contributed by atoms with E-state index >= 15 is 0 Å². The number of carbonyl (C=O) groups excluding carboxylic acids is 2. The Labute approximate surface area is 128 Å². The monoisotopic (exact) mass is 308 g/mol. The highest BCUT2D eigenvalue weighted by atomic mass is 16.8. The van der Waals surface area contributed by atoms with Gasteiger partial charge in [-0.1, -0.05) is 0 Å². The average molecular weight is 308 g/mol. The molecule has 0 unspecified atom stereocenters. The highest BCUT2D eigenvalue weighted by molar-refractivity contribution is 6.03. The van der Waals surface area contributed by atoms with Crippen LogP contribution >= 0.6 is 0 Å². The van der Waals surface area contributed by atoms with Gasteiger partial charge in [-0.2, -0.15) is 0 Å². The molecule has 0 bridgehead atoms. The van der Waals surface area contributed by atoms with Gasteiger partial charge in [0, 0.05) is 12.2 Å². The Balaban J connectivity index is 2.09. The lowest BCUT2D eigenvalue weighted by atomic mass is 10.2. The van der Waals surface area contributed by atoms with Crippen molar-refractivity contribution in [1.82, 2.24) is 4.90 Å². The molecule has 22 heavy (non-hydrogen) atoms. The third-order valence-corrected chi connectivity index (χ3v) is 3.01. The highest BCUT2D eigenvalue weighted by Crippen LogP contribution is 2.24. The molecule has 120 valence electrons.